The molecule has 2 N–H and O–H groups in total. The fourth-order valence-electron chi connectivity index (χ4n) is 3.63. The van der Waals surface area contributed by atoms with Crippen LogP contribution in [-0.2, 0) is 4.79 Å². The summed E-state index contributed by atoms with van der Waals surface area (Å²) in [6, 6.07) is 23.7. The number of urea groups is 1. The molecule has 1 heterocycles. The smallest absolute Gasteiger partial charge is 0.315 e. The Bertz CT molecular complexity index is 1340. The van der Waals surface area contributed by atoms with Crippen LogP contribution < -0.4 is 10.6 Å². The second kappa shape index (κ2) is 11.5. The molecular weight excluding hydrogens is 481 g/mol. The summed E-state index contributed by atoms with van der Waals surface area (Å²) in [6.07, 6.45) is 0.624. The molecule has 0 spiro atoms. The van der Waals surface area contributed by atoms with Gasteiger partial charge in [-0.2, -0.15) is 5.10 Å². The van der Waals surface area contributed by atoms with E-state index in [1.807, 2.05) is 37.3 Å². The van der Waals surface area contributed by atoms with Crippen LogP contribution in [0.2, 0.25) is 5.02 Å². The van der Waals surface area contributed by atoms with Gasteiger partial charge >= 0.3 is 6.03 Å². The standard InChI is InChI=1S/C27H25ClFN5O2/c1-2-16-33(27(36)30-23-11-7-6-10-22(23)29)18-26(35)31-25-17-24(19-8-4-3-5-9-19)32-34(25)21-14-12-20(28)13-15-21/h3-15,17H,2,16,18H2,1H3,(H,30,36)(H,31,35). The summed E-state index contributed by atoms with van der Waals surface area (Å²) in [5.74, 6) is -0.527. The van der Waals surface area contributed by atoms with Crippen LogP contribution in [0.4, 0.5) is 20.7 Å². The molecule has 1 aromatic heterocycles. The number of halogens is 2. The van der Waals surface area contributed by atoms with Crippen molar-refractivity contribution in [3.05, 3.63) is 95.8 Å². The molecule has 0 aliphatic carbocycles. The number of amides is 3. The Morgan fingerprint density at radius 1 is 0.972 bits per heavy atom. The van der Waals surface area contributed by atoms with Gasteiger partial charge in [0, 0.05) is 23.2 Å². The first-order valence-electron chi connectivity index (χ1n) is 11.5. The number of aromatic nitrogens is 2. The summed E-state index contributed by atoms with van der Waals surface area (Å²) >= 11 is 6.04. The Labute approximate surface area is 213 Å². The third-order valence-corrected chi connectivity index (χ3v) is 5.60. The predicted molar refractivity (Wildman–Crippen MR) is 140 cm³/mol. The molecule has 36 heavy (non-hydrogen) atoms. The van der Waals surface area contributed by atoms with E-state index in [-0.39, 0.29) is 12.2 Å². The molecule has 0 aliphatic rings. The van der Waals surface area contributed by atoms with E-state index >= 15 is 0 Å². The van der Waals surface area contributed by atoms with E-state index in [4.69, 9.17) is 11.6 Å². The second-order valence-corrected chi connectivity index (χ2v) is 8.49. The third-order valence-electron chi connectivity index (χ3n) is 5.35. The second-order valence-electron chi connectivity index (χ2n) is 8.05. The lowest BCUT2D eigenvalue weighted by molar-refractivity contribution is -0.116. The Morgan fingerprint density at radius 2 is 1.67 bits per heavy atom. The fraction of sp³-hybridized carbons (Fsp3) is 0.148. The largest absolute Gasteiger partial charge is 0.322 e. The van der Waals surface area contributed by atoms with Crippen LogP contribution in [0.3, 0.4) is 0 Å². The van der Waals surface area contributed by atoms with Crippen LogP contribution in [0.25, 0.3) is 16.9 Å². The number of nitrogens with one attached hydrogen (secondary N) is 2. The summed E-state index contributed by atoms with van der Waals surface area (Å²) in [4.78, 5) is 27.2. The molecule has 0 aliphatic heterocycles. The van der Waals surface area contributed by atoms with E-state index in [0.717, 1.165) is 5.56 Å². The van der Waals surface area contributed by atoms with Crippen molar-refractivity contribution in [2.24, 2.45) is 0 Å². The van der Waals surface area contributed by atoms with Gasteiger partial charge in [-0.05, 0) is 42.8 Å². The number of nitrogens with zero attached hydrogens (tertiary/aromatic N) is 3. The first-order chi connectivity index (χ1) is 17.4. The lowest BCUT2D eigenvalue weighted by Gasteiger charge is -2.22. The van der Waals surface area contributed by atoms with Gasteiger partial charge in [-0.3, -0.25) is 4.79 Å². The minimum Gasteiger partial charge on any atom is -0.315 e. The zero-order valence-electron chi connectivity index (χ0n) is 19.6. The van der Waals surface area contributed by atoms with Gasteiger partial charge in [0.05, 0.1) is 17.1 Å². The van der Waals surface area contributed by atoms with Crippen LogP contribution in [-0.4, -0.2) is 39.7 Å². The van der Waals surface area contributed by atoms with E-state index in [1.165, 1.54) is 23.1 Å². The van der Waals surface area contributed by atoms with Gasteiger partial charge in [0.25, 0.3) is 0 Å². The molecule has 0 bridgehead atoms. The van der Waals surface area contributed by atoms with E-state index in [1.54, 1.807) is 41.1 Å². The normalized spacial score (nSPS) is 10.6. The summed E-state index contributed by atoms with van der Waals surface area (Å²) in [7, 11) is 0. The highest BCUT2D eigenvalue weighted by atomic mass is 35.5. The van der Waals surface area contributed by atoms with E-state index < -0.39 is 17.8 Å². The molecule has 3 amide bonds. The molecule has 0 saturated heterocycles. The topological polar surface area (TPSA) is 79.3 Å². The van der Waals surface area contributed by atoms with Crippen molar-refractivity contribution in [2.75, 3.05) is 23.7 Å². The van der Waals surface area contributed by atoms with E-state index in [0.29, 0.717) is 35.2 Å². The van der Waals surface area contributed by atoms with Gasteiger partial charge < -0.3 is 15.5 Å². The maximum atomic E-state index is 14.0. The number of rotatable bonds is 8. The molecule has 7 nitrogen and oxygen atoms in total. The molecular formula is C27H25ClFN5O2. The number of carbonyl (C=O) groups excluding carboxylic acids is 2. The number of anilines is 2. The molecule has 0 fully saturated rings. The van der Waals surface area contributed by atoms with Crippen molar-refractivity contribution >= 4 is 35.0 Å². The van der Waals surface area contributed by atoms with Crippen molar-refractivity contribution in [3.63, 3.8) is 0 Å². The fourth-order valence-corrected chi connectivity index (χ4v) is 3.76. The highest BCUT2D eigenvalue weighted by Crippen LogP contribution is 2.25. The lowest BCUT2D eigenvalue weighted by atomic mass is 10.1. The molecule has 3 aromatic carbocycles. The Balaban J connectivity index is 1.55. The minimum absolute atomic E-state index is 0.0531. The number of carbonyl (C=O) groups is 2. The van der Waals surface area contributed by atoms with Gasteiger partial charge in [-0.15, -0.1) is 0 Å². The number of benzene rings is 3. The van der Waals surface area contributed by atoms with Crippen molar-refractivity contribution in [1.29, 1.82) is 0 Å². The maximum absolute atomic E-state index is 14.0. The maximum Gasteiger partial charge on any atom is 0.322 e. The molecule has 4 aromatic rings. The predicted octanol–water partition coefficient (Wildman–Crippen LogP) is 6.21. The van der Waals surface area contributed by atoms with Gasteiger partial charge in [-0.25, -0.2) is 13.9 Å². The lowest BCUT2D eigenvalue weighted by Crippen LogP contribution is -2.41. The van der Waals surface area contributed by atoms with Crippen LogP contribution in [0, 0.1) is 5.82 Å². The zero-order valence-corrected chi connectivity index (χ0v) is 20.4. The molecule has 0 saturated carbocycles. The highest BCUT2D eigenvalue weighted by molar-refractivity contribution is 6.30. The first-order valence-corrected chi connectivity index (χ1v) is 11.8. The summed E-state index contributed by atoms with van der Waals surface area (Å²) in [5, 5.41) is 10.7. The Kier molecular flexibility index (Phi) is 7.97. The quantitative estimate of drug-likeness (QED) is 0.298. The zero-order chi connectivity index (χ0) is 25.5. The molecule has 184 valence electrons. The monoisotopic (exact) mass is 505 g/mol. The summed E-state index contributed by atoms with van der Waals surface area (Å²) in [6.45, 7) is 1.99. The average molecular weight is 506 g/mol. The van der Waals surface area contributed by atoms with E-state index in [9.17, 15) is 14.0 Å². The van der Waals surface area contributed by atoms with Crippen LogP contribution in [0.1, 0.15) is 13.3 Å². The van der Waals surface area contributed by atoms with Gasteiger partial charge in [-0.1, -0.05) is 61.0 Å². The van der Waals surface area contributed by atoms with Crippen molar-refractivity contribution in [3.8, 4) is 16.9 Å². The number of para-hydroxylation sites is 1. The summed E-state index contributed by atoms with van der Waals surface area (Å²) in [5.41, 5.74) is 2.32. The number of hydrogen-bond acceptors (Lipinski definition) is 3. The third kappa shape index (κ3) is 6.09. The average Bonchev–Trinajstić information content (AvgIpc) is 3.29. The van der Waals surface area contributed by atoms with Crippen LogP contribution >= 0.6 is 11.6 Å². The van der Waals surface area contributed by atoms with Gasteiger partial charge in [0.15, 0.2) is 0 Å². The van der Waals surface area contributed by atoms with E-state index in [2.05, 4.69) is 15.7 Å². The van der Waals surface area contributed by atoms with Crippen LogP contribution in [0.15, 0.2) is 84.9 Å². The molecule has 4 rings (SSSR count). The molecule has 0 radical (unpaired) electrons. The molecule has 9 heteroatoms. The Morgan fingerprint density at radius 3 is 2.36 bits per heavy atom. The van der Waals surface area contributed by atoms with Crippen molar-refractivity contribution in [2.45, 2.75) is 13.3 Å². The van der Waals surface area contributed by atoms with Gasteiger partial charge in [0.2, 0.25) is 5.91 Å². The Hall–Kier alpha value is -4.17. The van der Waals surface area contributed by atoms with Crippen LogP contribution in [0.5, 0.6) is 0 Å². The summed E-state index contributed by atoms with van der Waals surface area (Å²) < 4.78 is 15.6. The number of hydrogen-bond donors (Lipinski definition) is 2. The molecule has 0 atom stereocenters. The highest BCUT2D eigenvalue weighted by Gasteiger charge is 2.20. The first kappa shape index (κ1) is 24.9. The molecule has 0 unspecified atom stereocenters. The SMILES string of the molecule is CCCN(CC(=O)Nc1cc(-c2ccccc2)nn1-c1ccc(Cl)cc1)C(=O)Nc1ccccc1F. The van der Waals surface area contributed by atoms with Gasteiger partial charge in [0.1, 0.15) is 18.2 Å². The van der Waals surface area contributed by atoms with Crippen molar-refractivity contribution < 1.29 is 14.0 Å². The minimum atomic E-state index is -0.562. The van der Waals surface area contributed by atoms with Crippen molar-refractivity contribution in [1.82, 2.24) is 14.7 Å².